The van der Waals surface area contributed by atoms with Gasteiger partial charge in [0.25, 0.3) is 0 Å². The Morgan fingerprint density at radius 1 is 1.08 bits per heavy atom. The highest BCUT2D eigenvalue weighted by Crippen LogP contribution is 2.32. The monoisotopic (exact) mass is 381 g/mol. The summed E-state index contributed by atoms with van der Waals surface area (Å²) in [5, 5.41) is 4.62. The van der Waals surface area contributed by atoms with Gasteiger partial charge >= 0.3 is 0 Å². The molecule has 0 unspecified atom stereocenters. The van der Waals surface area contributed by atoms with Crippen LogP contribution in [-0.2, 0) is 13.2 Å². The topological polar surface area (TPSA) is 30.5 Å². The molecule has 0 aliphatic carbocycles. The van der Waals surface area contributed by atoms with Gasteiger partial charge in [0, 0.05) is 17.6 Å². The second kappa shape index (κ2) is 8.79. The normalized spacial score (nSPS) is 11.4. The zero-order valence-electron chi connectivity index (χ0n) is 15.2. The summed E-state index contributed by atoms with van der Waals surface area (Å²) in [6, 6.07) is 11.4. The first kappa shape index (κ1) is 19.9. The summed E-state index contributed by atoms with van der Waals surface area (Å²) in [6.07, 6.45) is 1.04. The Bertz CT molecular complexity index is 717. The van der Waals surface area contributed by atoms with E-state index < -0.39 is 0 Å². The zero-order valence-corrected chi connectivity index (χ0v) is 16.7. The molecule has 2 aromatic rings. The van der Waals surface area contributed by atoms with Crippen LogP contribution in [0.15, 0.2) is 36.4 Å². The standard InChI is InChI=1S/C20H25Cl2NO2/c1-5-20(2,3)23-12-15-7-6-8-18(24-4)19(15)25-13-14-9-10-16(21)17(22)11-14/h6-11,23H,5,12-13H2,1-4H3. The van der Waals surface area contributed by atoms with Crippen molar-refractivity contribution in [2.45, 2.75) is 45.9 Å². The molecule has 3 nitrogen and oxygen atoms in total. The van der Waals surface area contributed by atoms with Crippen molar-refractivity contribution in [1.29, 1.82) is 0 Å². The molecule has 0 amide bonds. The highest BCUT2D eigenvalue weighted by molar-refractivity contribution is 6.42. The number of halogens is 2. The molecule has 0 spiro atoms. The van der Waals surface area contributed by atoms with E-state index in [1.807, 2.05) is 30.3 Å². The lowest BCUT2D eigenvalue weighted by Crippen LogP contribution is -2.37. The molecule has 0 radical (unpaired) electrons. The summed E-state index contributed by atoms with van der Waals surface area (Å²) in [4.78, 5) is 0. The number of rotatable bonds is 8. The first-order valence-electron chi connectivity index (χ1n) is 8.34. The number of nitrogens with one attached hydrogen (secondary N) is 1. The molecule has 0 atom stereocenters. The molecule has 0 aliphatic rings. The van der Waals surface area contributed by atoms with E-state index in [-0.39, 0.29) is 5.54 Å². The predicted molar refractivity (Wildman–Crippen MR) is 105 cm³/mol. The van der Waals surface area contributed by atoms with Gasteiger partial charge < -0.3 is 14.8 Å². The fourth-order valence-corrected chi connectivity index (χ4v) is 2.59. The van der Waals surface area contributed by atoms with Crippen LogP contribution in [0.3, 0.4) is 0 Å². The smallest absolute Gasteiger partial charge is 0.166 e. The number of para-hydroxylation sites is 1. The van der Waals surface area contributed by atoms with E-state index in [4.69, 9.17) is 32.7 Å². The molecule has 0 bridgehead atoms. The molecule has 1 N–H and O–H groups in total. The van der Waals surface area contributed by atoms with Crippen LogP contribution in [0.4, 0.5) is 0 Å². The van der Waals surface area contributed by atoms with Gasteiger partial charge in [-0.1, -0.05) is 48.3 Å². The van der Waals surface area contributed by atoms with Crippen LogP contribution in [0.25, 0.3) is 0 Å². The molecule has 25 heavy (non-hydrogen) atoms. The van der Waals surface area contributed by atoms with Gasteiger partial charge in [0.05, 0.1) is 17.2 Å². The molecule has 0 aromatic heterocycles. The predicted octanol–water partition coefficient (Wildman–Crippen LogP) is 5.86. The molecule has 0 aliphatic heterocycles. The third-order valence-corrected chi connectivity index (χ3v) is 5.03. The van der Waals surface area contributed by atoms with E-state index in [1.165, 1.54) is 0 Å². The molecule has 0 saturated carbocycles. The van der Waals surface area contributed by atoms with E-state index in [0.29, 0.717) is 28.9 Å². The van der Waals surface area contributed by atoms with E-state index in [9.17, 15) is 0 Å². The maximum Gasteiger partial charge on any atom is 0.166 e. The second-order valence-corrected chi connectivity index (χ2v) is 7.39. The average molecular weight is 382 g/mol. The summed E-state index contributed by atoms with van der Waals surface area (Å²) in [5.74, 6) is 1.46. The van der Waals surface area contributed by atoms with Crippen molar-refractivity contribution in [3.8, 4) is 11.5 Å². The number of ether oxygens (including phenoxy) is 2. The van der Waals surface area contributed by atoms with Crippen molar-refractivity contribution in [2.24, 2.45) is 0 Å². The third kappa shape index (κ3) is 5.53. The summed E-state index contributed by atoms with van der Waals surface area (Å²) < 4.78 is 11.5. The van der Waals surface area contributed by atoms with Crippen molar-refractivity contribution < 1.29 is 9.47 Å². The van der Waals surface area contributed by atoms with Crippen molar-refractivity contribution >= 4 is 23.2 Å². The van der Waals surface area contributed by atoms with Gasteiger partial charge in [-0.15, -0.1) is 0 Å². The largest absolute Gasteiger partial charge is 0.493 e. The fraction of sp³-hybridized carbons (Fsp3) is 0.400. The van der Waals surface area contributed by atoms with E-state index in [1.54, 1.807) is 13.2 Å². The molecule has 0 fully saturated rings. The van der Waals surface area contributed by atoms with Crippen LogP contribution < -0.4 is 14.8 Å². The Hall–Kier alpha value is -1.42. The molecule has 5 heteroatoms. The summed E-state index contributed by atoms with van der Waals surface area (Å²) in [6.45, 7) is 7.63. The van der Waals surface area contributed by atoms with Crippen LogP contribution in [0, 0.1) is 0 Å². The quantitative estimate of drug-likeness (QED) is 0.620. The highest BCUT2D eigenvalue weighted by atomic mass is 35.5. The second-order valence-electron chi connectivity index (χ2n) is 6.58. The van der Waals surface area contributed by atoms with Crippen molar-refractivity contribution in [3.63, 3.8) is 0 Å². The summed E-state index contributed by atoms with van der Waals surface area (Å²) in [7, 11) is 1.65. The van der Waals surface area contributed by atoms with Gasteiger partial charge in [0.2, 0.25) is 0 Å². The van der Waals surface area contributed by atoms with Gasteiger partial charge in [-0.05, 0) is 44.0 Å². The lowest BCUT2D eigenvalue weighted by atomic mass is 10.0. The molecule has 2 rings (SSSR count). The number of benzene rings is 2. The Morgan fingerprint density at radius 3 is 2.48 bits per heavy atom. The zero-order chi connectivity index (χ0) is 18.4. The van der Waals surface area contributed by atoms with Gasteiger partial charge in [-0.2, -0.15) is 0 Å². The summed E-state index contributed by atoms with van der Waals surface area (Å²) in [5.41, 5.74) is 2.07. The maximum atomic E-state index is 6.08. The minimum absolute atomic E-state index is 0.0596. The molecule has 0 heterocycles. The highest BCUT2D eigenvalue weighted by Gasteiger charge is 2.17. The maximum absolute atomic E-state index is 6.08. The van der Waals surface area contributed by atoms with Gasteiger partial charge in [0.15, 0.2) is 11.5 Å². The average Bonchev–Trinajstić information content (AvgIpc) is 2.61. The van der Waals surface area contributed by atoms with Gasteiger partial charge in [-0.3, -0.25) is 0 Å². The number of hydrogen-bond donors (Lipinski definition) is 1. The summed E-state index contributed by atoms with van der Waals surface area (Å²) >= 11 is 12.0. The molecular formula is C20H25Cl2NO2. The SMILES string of the molecule is CCC(C)(C)NCc1cccc(OC)c1OCc1ccc(Cl)c(Cl)c1. The minimum Gasteiger partial charge on any atom is -0.493 e. The van der Waals surface area contributed by atoms with Crippen LogP contribution in [0.1, 0.15) is 38.3 Å². The van der Waals surface area contributed by atoms with Crippen molar-refractivity contribution in [1.82, 2.24) is 5.32 Å². The first-order chi connectivity index (χ1) is 11.9. The van der Waals surface area contributed by atoms with Crippen LogP contribution in [0.5, 0.6) is 11.5 Å². The Morgan fingerprint density at radius 2 is 1.84 bits per heavy atom. The van der Waals surface area contributed by atoms with E-state index in [0.717, 1.165) is 23.3 Å². The Kier molecular flexibility index (Phi) is 7.00. The Labute approximate surface area is 160 Å². The van der Waals surface area contributed by atoms with E-state index in [2.05, 4.69) is 26.1 Å². The van der Waals surface area contributed by atoms with Crippen LogP contribution >= 0.6 is 23.2 Å². The van der Waals surface area contributed by atoms with Crippen LogP contribution in [-0.4, -0.2) is 12.6 Å². The number of methoxy groups -OCH3 is 1. The third-order valence-electron chi connectivity index (χ3n) is 4.29. The minimum atomic E-state index is 0.0596. The lowest BCUT2D eigenvalue weighted by molar-refractivity contribution is 0.278. The molecule has 2 aromatic carbocycles. The van der Waals surface area contributed by atoms with Crippen LogP contribution in [0.2, 0.25) is 10.0 Å². The fourth-order valence-electron chi connectivity index (χ4n) is 2.27. The first-order valence-corrected chi connectivity index (χ1v) is 9.09. The molecular weight excluding hydrogens is 357 g/mol. The Balaban J connectivity index is 2.18. The molecule has 0 saturated heterocycles. The van der Waals surface area contributed by atoms with Gasteiger partial charge in [0.1, 0.15) is 6.61 Å². The number of hydrogen-bond acceptors (Lipinski definition) is 3. The van der Waals surface area contributed by atoms with Crippen molar-refractivity contribution in [2.75, 3.05) is 7.11 Å². The van der Waals surface area contributed by atoms with Crippen molar-refractivity contribution in [3.05, 3.63) is 57.6 Å². The lowest BCUT2D eigenvalue weighted by Gasteiger charge is -2.25. The van der Waals surface area contributed by atoms with Gasteiger partial charge in [-0.25, -0.2) is 0 Å². The van der Waals surface area contributed by atoms with E-state index >= 15 is 0 Å². The molecule has 136 valence electrons.